The molecule has 1 N–H and O–H groups in total. The van der Waals surface area contributed by atoms with Gasteiger partial charge in [0.25, 0.3) is 11.6 Å². The summed E-state index contributed by atoms with van der Waals surface area (Å²) in [6, 6.07) is 13.3. The van der Waals surface area contributed by atoms with E-state index < -0.39 is 23.4 Å². The summed E-state index contributed by atoms with van der Waals surface area (Å²) in [7, 11) is 3.42. The highest BCUT2D eigenvalue weighted by Crippen LogP contribution is 2.25. The highest BCUT2D eigenvalue weighted by molar-refractivity contribution is 5.97. The van der Waals surface area contributed by atoms with Gasteiger partial charge in [0.1, 0.15) is 0 Å². The largest absolute Gasteiger partial charge is 0.452 e. The second-order valence-electron chi connectivity index (χ2n) is 6.75. The van der Waals surface area contributed by atoms with E-state index in [4.69, 9.17) is 4.74 Å². The minimum atomic E-state index is -0.792. The Labute approximate surface area is 169 Å². The second kappa shape index (κ2) is 10.2. The van der Waals surface area contributed by atoms with Crippen molar-refractivity contribution in [2.24, 2.45) is 0 Å². The summed E-state index contributed by atoms with van der Waals surface area (Å²) in [6.07, 6.45) is 1.62. The number of anilines is 1. The molecule has 8 nitrogen and oxygen atoms in total. The lowest BCUT2D eigenvalue weighted by atomic mass is 10.0. The van der Waals surface area contributed by atoms with Crippen LogP contribution in [0.25, 0.3) is 0 Å². The molecule has 2 aromatic carbocycles. The second-order valence-corrected chi connectivity index (χ2v) is 6.75. The molecule has 1 atom stereocenters. The summed E-state index contributed by atoms with van der Waals surface area (Å²) in [6.45, 7) is 1.55. The molecule has 0 bridgehead atoms. The van der Waals surface area contributed by atoms with Gasteiger partial charge >= 0.3 is 5.97 Å². The van der Waals surface area contributed by atoms with Crippen LogP contribution in [0.3, 0.4) is 0 Å². The molecule has 0 aliphatic rings. The van der Waals surface area contributed by atoms with Crippen molar-refractivity contribution in [3.63, 3.8) is 0 Å². The molecule has 0 saturated heterocycles. The maximum atomic E-state index is 12.5. The third-order valence-corrected chi connectivity index (χ3v) is 4.34. The zero-order chi connectivity index (χ0) is 21.4. The molecule has 0 radical (unpaired) electrons. The van der Waals surface area contributed by atoms with Crippen molar-refractivity contribution in [3.05, 3.63) is 69.8 Å². The third kappa shape index (κ3) is 6.03. The van der Waals surface area contributed by atoms with Crippen molar-refractivity contribution in [1.82, 2.24) is 5.32 Å². The summed E-state index contributed by atoms with van der Waals surface area (Å²) in [5.41, 5.74) is 1.25. The van der Waals surface area contributed by atoms with Gasteiger partial charge in [-0.15, -0.1) is 0 Å². The Kier molecular flexibility index (Phi) is 7.70. The number of hydrogen-bond acceptors (Lipinski definition) is 6. The molecule has 0 aliphatic heterocycles. The maximum absolute atomic E-state index is 12.5. The van der Waals surface area contributed by atoms with Crippen LogP contribution in [0, 0.1) is 10.1 Å². The summed E-state index contributed by atoms with van der Waals surface area (Å²) in [4.78, 5) is 36.9. The molecular weight excluding hydrogens is 374 g/mol. The van der Waals surface area contributed by atoms with Crippen LogP contribution in [0.2, 0.25) is 0 Å². The molecule has 2 aromatic rings. The molecule has 154 valence electrons. The number of benzene rings is 2. The maximum Gasteiger partial charge on any atom is 0.341 e. The van der Waals surface area contributed by atoms with Crippen molar-refractivity contribution >= 4 is 23.3 Å². The van der Waals surface area contributed by atoms with E-state index in [-0.39, 0.29) is 17.3 Å². The van der Waals surface area contributed by atoms with Crippen LogP contribution in [0.1, 0.15) is 41.7 Å². The molecule has 0 aromatic heterocycles. The standard InChI is InChI=1S/C21H25N3O5/c1-4-8-18(15-9-6-5-7-10-15)22-20(25)14-29-21(26)17-13-16(24(27)28)11-12-19(17)23(2)3/h5-7,9-13,18H,4,8,14H2,1-3H3,(H,22,25)/t18-/m1/s1. The monoisotopic (exact) mass is 399 g/mol. The van der Waals surface area contributed by atoms with Gasteiger partial charge in [0.15, 0.2) is 6.61 Å². The normalized spacial score (nSPS) is 11.4. The van der Waals surface area contributed by atoms with Crippen LogP contribution < -0.4 is 10.2 Å². The molecule has 2 rings (SSSR count). The number of amides is 1. The Hall–Kier alpha value is -3.42. The van der Waals surface area contributed by atoms with Gasteiger partial charge in [0, 0.05) is 26.2 Å². The van der Waals surface area contributed by atoms with Crippen LogP contribution in [-0.4, -0.2) is 37.5 Å². The number of carbonyl (C=O) groups is 2. The van der Waals surface area contributed by atoms with Gasteiger partial charge in [-0.05, 0) is 18.1 Å². The Balaban J connectivity index is 2.07. The van der Waals surface area contributed by atoms with Crippen LogP contribution in [-0.2, 0) is 9.53 Å². The molecule has 0 fully saturated rings. The fraction of sp³-hybridized carbons (Fsp3) is 0.333. The van der Waals surface area contributed by atoms with E-state index in [1.807, 2.05) is 37.3 Å². The first-order valence-corrected chi connectivity index (χ1v) is 9.30. The van der Waals surface area contributed by atoms with Gasteiger partial charge in [-0.3, -0.25) is 14.9 Å². The van der Waals surface area contributed by atoms with Crippen LogP contribution in [0.4, 0.5) is 11.4 Å². The van der Waals surface area contributed by atoms with Gasteiger partial charge < -0.3 is 15.0 Å². The third-order valence-electron chi connectivity index (χ3n) is 4.34. The van der Waals surface area contributed by atoms with Gasteiger partial charge in [0.05, 0.1) is 22.2 Å². The fourth-order valence-corrected chi connectivity index (χ4v) is 2.93. The molecule has 0 aliphatic carbocycles. The molecule has 0 heterocycles. The average Bonchev–Trinajstić information content (AvgIpc) is 2.71. The Morgan fingerprint density at radius 2 is 1.86 bits per heavy atom. The highest BCUT2D eigenvalue weighted by Gasteiger charge is 2.21. The van der Waals surface area contributed by atoms with E-state index in [0.717, 1.165) is 24.5 Å². The Morgan fingerprint density at radius 1 is 1.17 bits per heavy atom. The number of esters is 1. The molecule has 0 saturated carbocycles. The minimum absolute atomic E-state index is 0.0326. The summed E-state index contributed by atoms with van der Waals surface area (Å²) >= 11 is 0. The van der Waals surface area contributed by atoms with Crippen LogP contribution in [0.5, 0.6) is 0 Å². The molecule has 29 heavy (non-hydrogen) atoms. The lowest BCUT2D eigenvalue weighted by molar-refractivity contribution is -0.384. The number of nitrogens with one attached hydrogen (secondary N) is 1. The SMILES string of the molecule is CCC[C@@H](NC(=O)COC(=O)c1cc([N+](=O)[O-])ccc1N(C)C)c1ccccc1. The topological polar surface area (TPSA) is 102 Å². The van der Waals surface area contributed by atoms with E-state index in [1.165, 1.54) is 12.1 Å². The lowest BCUT2D eigenvalue weighted by Gasteiger charge is -2.19. The first-order valence-electron chi connectivity index (χ1n) is 9.30. The van der Waals surface area contributed by atoms with E-state index in [1.54, 1.807) is 19.0 Å². The predicted molar refractivity (Wildman–Crippen MR) is 110 cm³/mol. The number of non-ortho nitro benzene ring substituents is 1. The van der Waals surface area contributed by atoms with Crippen molar-refractivity contribution in [2.45, 2.75) is 25.8 Å². The smallest absolute Gasteiger partial charge is 0.341 e. The molecule has 0 unspecified atom stereocenters. The van der Waals surface area contributed by atoms with E-state index in [0.29, 0.717) is 5.69 Å². The number of rotatable bonds is 9. The van der Waals surface area contributed by atoms with Gasteiger partial charge in [-0.2, -0.15) is 0 Å². The van der Waals surface area contributed by atoms with E-state index in [2.05, 4.69) is 5.32 Å². The number of nitro groups is 1. The van der Waals surface area contributed by atoms with E-state index in [9.17, 15) is 19.7 Å². The molecule has 8 heteroatoms. The molecule has 1 amide bonds. The van der Waals surface area contributed by atoms with Gasteiger partial charge in [0.2, 0.25) is 0 Å². The minimum Gasteiger partial charge on any atom is -0.452 e. The number of nitro benzene ring substituents is 1. The quantitative estimate of drug-likeness (QED) is 0.393. The Morgan fingerprint density at radius 3 is 2.45 bits per heavy atom. The summed E-state index contributed by atoms with van der Waals surface area (Å²) < 4.78 is 5.13. The van der Waals surface area contributed by atoms with Crippen molar-refractivity contribution in [2.75, 3.05) is 25.6 Å². The molecule has 0 spiro atoms. The summed E-state index contributed by atoms with van der Waals surface area (Å²) in [5.74, 6) is -1.23. The van der Waals surface area contributed by atoms with E-state index >= 15 is 0 Å². The predicted octanol–water partition coefficient (Wildman–Crippen LogP) is 3.48. The van der Waals surface area contributed by atoms with Crippen LogP contribution in [0.15, 0.2) is 48.5 Å². The van der Waals surface area contributed by atoms with Crippen molar-refractivity contribution in [3.8, 4) is 0 Å². The van der Waals surface area contributed by atoms with Crippen molar-refractivity contribution in [1.29, 1.82) is 0 Å². The number of nitrogens with zero attached hydrogens (tertiary/aromatic N) is 2. The lowest BCUT2D eigenvalue weighted by Crippen LogP contribution is -2.32. The van der Waals surface area contributed by atoms with Crippen molar-refractivity contribution < 1.29 is 19.2 Å². The number of ether oxygens (including phenoxy) is 1. The van der Waals surface area contributed by atoms with Gasteiger partial charge in [-0.25, -0.2) is 4.79 Å². The number of hydrogen-bond donors (Lipinski definition) is 1. The first kappa shape index (κ1) is 21.9. The zero-order valence-corrected chi connectivity index (χ0v) is 16.8. The zero-order valence-electron chi connectivity index (χ0n) is 16.8. The summed E-state index contributed by atoms with van der Waals surface area (Å²) in [5, 5.41) is 13.9. The average molecular weight is 399 g/mol. The fourth-order valence-electron chi connectivity index (χ4n) is 2.93. The molecular formula is C21H25N3O5. The van der Waals surface area contributed by atoms with Gasteiger partial charge in [-0.1, -0.05) is 43.7 Å². The number of carbonyl (C=O) groups excluding carboxylic acids is 2. The van der Waals surface area contributed by atoms with Crippen LogP contribution >= 0.6 is 0 Å². The highest BCUT2D eigenvalue weighted by atomic mass is 16.6. The first-order chi connectivity index (χ1) is 13.8. The Bertz CT molecular complexity index is 868.